The molecule has 0 aromatic heterocycles. The Morgan fingerprint density at radius 2 is 1.62 bits per heavy atom. The smallest absolute Gasteiger partial charge is 0.307 e. The third-order valence-electron chi connectivity index (χ3n) is 6.60. The van der Waals surface area contributed by atoms with Crippen LogP contribution in [0.5, 0.6) is 0 Å². The molecule has 24 heavy (non-hydrogen) atoms. The third-order valence-corrected chi connectivity index (χ3v) is 6.60. The molecule has 4 aliphatic carbocycles. The van der Waals surface area contributed by atoms with Crippen LogP contribution >= 0.6 is 0 Å². The predicted molar refractivity (Wildman–Crippen MR) is 88.4 cm³/mol. The van der Waals surface area contributed by atoms with Gasteiger partial charge in [-0.3, -0.25) is 0 Å². The quantitative estimate of drug-likeness (QED) is 0.763. The van der Waals surface area contributed by atoms with E-state index >= 15 is 0 Å². The number of hydrogen-bond donors (Lipinski definition) is 1. The molecule has 4 atom stereocenters. The third kappa shape index (κ3) is 2.77. The van der Waals surface area contributed by atoms with Crippen molar-refractivity contribution < 1.29 is 13.2 Å². The molecule has 2 unspecified atom stereocenters. The molecule has 0 aliphatic heterocycles. The van der Waals surface area contributed by atoms with Gasteiger partial charge in [0.05, 0.1) is 5.56 Å². The normalized spacial score (nSPS) is 41.0. The lowest BCUT2D eigenvalue weighted by molar-refractivity contribution is -0.139. The van der Waals surface area contributed by atoms with Crippen molar-refractivity contribution in [3.8, 4) is 0 Å². The molecule has 1 N–H and O–H groups in total. The molecule has 1 aromatic rings. The van der Waals surface area contributed by atoms with Crippen LogP contribution in [0.25, 0.3) is 0 Å². The Hall–Kier alpha value is -1.03. The van der Waals surface area contributed by atoms with Crippen LogP contribution in [0.1, 0.15) is 63.5 Å². The molecule has 4 bridgehead atoms. The standard InChI is InChI=1S/C20H26F3N/c1-17-7-14-8-18(2,11-17)13-19(9-14,12-17)24-10-15-5-3-4-6-16(15)20(21,22)23/h3-6,14,24H,7-13H2,1-2H3/t14?,17-,18+,19?. The number of alkyl halides is 3. The average Bonchev–Trinajstić information content (AvgIpc) is 2.40. The van der Waals surface area contributed by atoms with E-state index in [4.69, 9.17) is 0 Å². The summed E-state index contributed by atoms with van der Waals surface area (Å²) in [4.78, 5) is 0. The fourth-order valence-corrected chi connectivity index (χ4v) is 6.88. The number of benzene rings is 1. The Morgan fingerprint density at radius 3 is 2.21 bits per heavy atom. The lowest BCUT2D eigenvalue weighted by atomic mass is 9.43. The molecule has 1 aromatic carbocycles. The maximum Gasteiger partial charge on any atom is 0.416 e. The first kappa shape index (κ1) is 16.4. The van der Waals surface area contributed by atoms with Gasteiger partial charge in [-0.15, -0.1) is 0 Å². The molecule has 4 aliphatic rings. The van der Waals surface area contributed by atoms with Crippen LogP contribution in [0.4, 0.5) is 13.2 Å². The van der Waals surface area contributed by atoms with E-state index in [0.717, 1.165) is 25.2 Å². The Morgan fingerprint density at radius 1 is 1.00 bits per heavy atom. The minimum Gasteiger partial charge on any atom is -0.307 e. The summed E-state index contributed by atoms with van der Waals surface area (Å²) in [5.41, 5.74) is 0.632. The summed E-state index contributed by atoms with van der Waals surface area (Å²) in [6, 6.07) is 5.98. The van der Waals surface area contributed by atoms with Crippen molar-refractivity contribution in [2.24, 2.45) is 16.7 Å². The fourth-order valence-electron chi connectivity index (χ4n) is 6.88. The van der Waals surface area contributed by atoms with E-state index in [1.54, 1.807) is 12.1 Å². The molecule has 5 rings (SSSR count). The summed E-state index contributed by atoms with van der Waals surface area (Å²) in [6.07, 6.45) is 2.94. The van der Waals surface area contributed by atoms with Gasteiger partial charge < -0.3 is 5.32 Å². The summed E-state index contributed by atoms with van der Waals surface area (Å²) in [6.45, 7) is 5.08. The van der Waals surface area contributed by atoms with Crippen LogP contribution in [0.3, 0.4) is 0 Å². The maximum absolute atomic E-state index is 13.2. The molecule has 0 saturated heterocycles. The van der Waals surface area contributed by atoms with Gasteiger partial charge in [-0.25, -0.2) is 0 Å². The van der Waals surface area contributed by atoms with E-state index in [2.05, 4.69) is 19.2 Å². The van der Waals surface area contributed by atoms with Crippen LogP contribution in [-0.4, -0.2) is 5.54 Å². The Bertz CT molecular complexity index is 633. The second kappa shape index (κ2) is 5.00. The van der Waals surface area contributed by atoms with Crippen molar-refractivity contribution in [1.29, 1.82) is 0 Å². The molecule has 4 saturated carbocycles. The molecule has 0 heterocycles. The summed E-state index contributed by atoms with van der Waals surface area (Å²) in [5.74, 6) is 0.738. The van der Waals surface area contributed by atoms with Crippen molar-refractivity contribution in [2.45, 2.75) is 70.6 Å². The van der Waals surface area contributed by atoms with Crippen molar-refractivity contribution in [2.75, 3.05) is 0 Å². The molecule has 4 fully saturated rings. The van der Waals surface area contributed by atoms with E-state index in [0.29, 0.717) is 22.9 Å². The molecule has 0 amide bonds. The fraction of sp³-hybridized carbons (Fsp3) is 0.700. The van der Waals surface area contributed by atoms with E-state index < -0.39 is 11.7 Å². The molecule has 132 valence electrons. The zero-order valence-electron chi connectivity index (χ0n) is 14.5. The van der Waals surface area contributed by atoms with Gasteiger partial charge in [-0.2, -0.15) is 13.2 Å². The zero-order chi connectivity index (χ0) is 17.2. The van der Waals surface area contributed by atoms with Crippen molar-refractivity contribution in [3.63, 3.8) is 0 Å². The van der Waals surface area contributed by atoms with Crippen molar-refractivity contribution in [3.05, 3.63) is 35.4 Å². The second-order valence-electron chi connectivity index (χ2n) is 9.42. The van der Waals surface area contributed by atoms with E-state index in [-0.39, 0.29) is 5.54 Å². The van der Waals surface area contributed by atoms with E-state index in [9.17, 15) is 13.2 Å². The minimum absolute atomic E-state index is 0.0294. The summed E-state index contributed by atoms with van der Waals surface area (Å²) in [7, 11) is 0. The van der Waals surface area contributed by atoms with Gasteiger partial charge in [0.2, 0.25) is 0 Å². The topological polar surface area (TPSA) is 12.0 Å². The molecule has 1 nitrogen and oxygen atoms in total. The van der Waals surface area contributed by atoms with Gasteiger partial charge >= 0.3 is 6.18 Å². The largest absolute Gasteiger partial charge is 0.416 e. The Labute approximate surface area is 142 Å². The summed E-state index contributed by atoms with van der Waals surface area (Å²) >= 11 is 0. The molecular formula is C20H26F3N. The van der Waals surface area contributed by atoms with Crippen molar-refractivity contribution >= 4 is 0 Å². The Kier molecular flexibility index (Phi) is 3.42. The van der Waals surface area contributed by atoms with E-state index in [1.165, 1.54) is 31.4 Å². The molecule has 4 heteroatoms. The minimum atomic E-state index is -4.28. The average molecular weight is 337 g/mol. The lowest BCUT2D eigenvalue weighted by Gasteiger charge is -2.65. The first-order valence-corrected chi connectivity index (χ1v) is 9.01. The number of nitrogens with one attached hydrogen (secondary N) is 1. The SMILES string of the molecule is C[C@]12CC3CC(NCc4ccccc4C(F)(F)F)(C1)C[C@@](C)(C3)C2. The van der Waals surface area contributed by atoms with Gasteiger partial charge in [0, 0.05) is 12.1 Å². The summed E-state index contributed by atoms with van der Waals surface area (Å²) < 4.78 is 39.7. The predicted octanol–water partition coefficient (Wildman–Crippen LogP) is 5.54. The molecule has 0 spiro atoms. The monoisotopic (exact) mass is 337 g/mol. The van der Waals surface area contributed by atoms with Crippen LogP contribution < -0.4 is 5.32 Å². The Balaban J connectivity index is 1.57. The van der Waals surface area contributed by atoms with Crippen LogP contribution in [0.15, 0.2) is 24.3 Å². The van der Waals surface area contributed by atoms with Crippen LogP contribution in [0.2, 0.25) is 0 Å². The van der Waals surface area contributed by atoms with Gasteiger partial charge in [0.1, 0.15) is 0 Å². The highest BCUT2D eigenvalue weighted by molar-refractivity contribution is 5.30. The lowest BCUT2D eigenvalue weighted by Crippen LogP contribution is -2.63. The van der Waals surface area contributed by atoms with E-state index in [1.807, 2.05) is 0 Å². The van der Waals surface area contributed by atoms with Gasteiger partial charge in [0.15, 0.2) is 0 Å². The highest BCUT2D eigenvalue weighted by atomic mass is 19.4. The first-order chi connectivity index (χ1) is 11.1. The maximum atomic E-state index is 13.2. The highest BCUT2D eigenvalue weighted by Gasteiger charge is 2.59. The van der Waals surface area contributed by atoms with Crippen molar-refractivity contribution in [1.82, 2.24) is 5.32 Å². The van der Waals surface area contributed by atoms with Gasteiger partial charge in [0.25, 0.3) is 0 Å². The van der Waals surface area contributed by atoms with Crippen LogP contribution in [-0.2, 0) is 12.7 Å². The van der Waals surface area contributed by atoms with Gasteiger partial charge in [-0.05, 0) is 66.9 Å². The number of hydrogen-bond acceptors (Lipinski definition) is 1. The van der Waals surface area contributed by atoms with Gasteiger partial charge in [-0.1, -0.05) is 32.0 Å². The number of rotatable bonds is 3. The summed E-state index contributed by atoms with van der Waals surface area (Å²) in [5, 5.41) is 3.61. The highest BCUT2D eigenvalue weighted by Crippen LogP contribution is 2.66. The second-order valence-corrected chi connectivity index (χ2v) is 9.42. The van der Waals surface area contributed by atoms with Crippen LogP contribution in [0, 0.1) is 16.7 Å². The number of halogens is 3. The first-order valence-electron chi connectivity index (χ1n) is 9.01. The molecular weight excluding hydrogens is 311 g/mol. The molecule has 0 radical (unpaired) electrons. The zero-order valence-corrected chi connectivity index (χ0v) is 14.5.